The van der Waals surface area contributed by atoms with Crippen LogP contribution in [-0.2, 0) is 0 Å². The molecule has 1 saturated carbocycles. The van der Waals surface area contributed by atoms with Gasteiger partial charge in [-0.3, -0.25) is 4.57 Å². The number of benzene rings is 1. The van der Waals surface area contributed by atoms with E-state index in [-0.39, 0.29) is 5.82 Å². The number of H-pyrrole nitrogens is 1. The van der Waals surface area contributed by atoms with E-state index in [4.69, 9.17) is 12.2 Å². The molecule has 1 aliphatic carbocycles. The van der Waals surface area contributed by atoms with E-state index in [0.717, 1.165) is 31.0 Å². The third kappa shape index (κ3) is 2.28. The summed E-state index contributed by atoms with van der Waals surface area (Å²) in [7, 11) is 0. The van der Waals surface area contributed by atoms with Gasteiger partial charge in [0.1, 0.15) is 5.82 Å². The van der Waals surface area contributed by atoms with Crippen molar-refractivity contribution in [2.24, 2.45) is 0 Å². The Morgan fingerprint density at radius 3 is 2.68 bits per heavy atom. The first-order valence-corrected chi connectivity index (χ1v) is 6.81. The summed E-state index contributed by atoms with van der Waals surface area (Å²) in [4.78, 5) is 2.03. The molecule has 4 nitrogen and oxygen atoms in total. The highest BCUT2D eigenvalue weighted by molar-refractivity contribution is 7.71. The predicted molar refractivity (Wildman–Crippen MR) is 74.8 cm³/mol. The Balaban J connectivity index is 2.03. The third-order valence-corrected chi connectivity index (χ3v) is 3.58. The van der Waals surface area contributed by atoms with Crippen LogP contribution in [0.3, 0.4) is 0 Å². The van der Waals surface area contributed by atoms with E-state index in [9.17, 15) is 4.39 Å². The van der Waals surface area contributed by atoms with Crippen molar-refractivity contribution >= 4 is 23.9 Å². The van der Waals surface area contributed by atoms with Gasteiger partial charge in [0, 0.05) is 18.3 Å². The lowest BCUT2D eigenvalue weighted by atomic mass is 10.3. The van der Waals surface area contributed by atoms with Gasteiger partial charge in [0.2, 0.25) is 5.95 Å². The molecule has 1 N–H and O–H groups in total. The van der Waals surface area contributed by atoms with Gasteiger partial charge in [0.15, 0.2) is 4.77 Å². The summed E-state index contributed by atoms with van der Waals surface area (Å²) in [5.41, 5.74) is 0.916. The van der Waals surface area contributed by atoms with E-state index in [1.54, 1.807) is 12.1 Å². The van der Waals surface area contributed by atoms with Gasteiger partial charge in [0.25, 0.3) is 0 Å². The van der Waals surface area contributed by atoms with Crippen molar-refractivity contribution in [1.29, 1.82) is 0 Å². The zero-order chi connectivity index (χ0) is 13.4. The van der Waals surface area contributed by atoms with Crippen LogP contribution in [0.5, 0.6) is 0 Å². The van der Waals surface area contributed by atoms with E-state index >= 15 is 0 Å². The second-order valence-corrected chi connectivity index (χ2v) is 5.04. The number of hydrogen-bond acceptors (Lipinski definition) is 3. The van der Waals surface area contributed by atoms with Gasteiger partial charge in [-0.2, -0.15) is 0 Å². The fourth-order valence-corrected chi connectivity index (χ4v) is 2.49. The number of aromatic nitrogens is 3. The van der Waals surface area contributed by atoms with Crippen molar-refractivity contribution in [2.45, 2.75) is 25.8 Å². The molecule has 0 saturated heterocycles. The van der Waals surface area contributed by atoms with Crippen LogP contribution in [0, 0.1) is 10.6 Å². The molecule has 0 radical (unpaired) electrons. The minimum Gasteiger partial charge on any atom is -0.311 e. The van der Waals surface area contributed by atoms with E-state index in [1.165, 1.54) is 12.1 Å². The maximum Gasteiger partial charge on any atom is 0.230 e. The van der Waals surface area contributed by atoms with Crippen LogP contribution in [0.2, 0.25) is 0 Å². The third-order valence-electron chi connectivity index (χ3n) is 3.29. The molecule has 1 aromatic heterocycles. The first kappa shape index (κ1) is 12.3. The predicted octanol–water partition coefficient (Wildman–Crippen LogP) is 3.57. The summed E-state index contributed by atoms with van der Waals surface area (Å²) >= 11 is 5.29. The van der Waals surface area contributed by atoms with Gasteiger partial charge in [0.05, 0.1) is 0 Å². The normalized spacial score (nSPS) is 14.6. The molecular formula is C13H15FN4S. The van der Waals surface area contributed by atoms with Crippen molar-refractivity contribution in [3.63, 3.8) is 0 Å². The molecule has 1 heterocycles. The smallest absolute Gasteiger partial charge is 0.230 e. The van der Waals surface area contributed by atoms with Crippen LogP contribution < -0.4 is 4.90 Å². The standard InChI is InChI=1S/C13H15FN4S/c1-2-17(10-5-3-9(14)4-6-10)12-15-16-13(19)18(12)11-7-8-11/h3-6,11H,2,7-8H2,1H3,(H,16,19). The molecule has 1 aromatic carbocycles. The van der Waals surface area contributed by atoms with Crippen LogP contribution >= 0.6 is 12.2 Å². The van der Waals surface area contributed by atoms with E-state index in [1.807, 2.05) is 11.8 Å². The highest BCUT2D eigenvalue weighted by atomic mass is 32.1. The number of anilines is 2. The summed E-state index contributed by atoms with van der Waals surface area (Å²) in [6, 6.07) is 6.89. The summed E-state index contributed by atoms with van der Waals surface area (Å²) in [5.74, 6) is 0.572. The molecule has 0 aliphatic heterocycles. The molecule has 0 bridgehead atoms. The van der Waals surface area contributed by atoms with Crippen molar-refractivity contribution in [2.75, 3.05) is 11.4 Å². The highest BCUT2D eigenvalue weighted by Crippen LogP contribution is 2.39. The molecule has 1 fully saturated rings. The first-order chi connectivity index (χ1) is 9.20. The Labute approximate surface area is 115 Å². The highest BCUT2D eigenvalue weighted by Gasteiger charge is 2.29. The Kier molecular flexibility index (Phi) is 3.10. The van der Waals surface area contributed by atoms with E-state index < -0.39 is 0 Å². The fourth-order valence-electron chi connectivity index (χ4n) is 2.21. The SMILES string of the molecule is CCN(c1ccc(F)cc1)c1n[nH]c(=S)n1C1CC1. The second kappa shape index (κ2) is 4.77. The first-order valence-electron chi connectivity index (χ1n) is 6.40. The second-order valence-electron chi connectivity index (χ2n) is 4.65. The molecule has 0 unspecified atom stereocenters. The number of nitrogens with one attached hydrogen (secondary N) is 1. The van der Waals surface area contributed by atoms with Gasteiger partial charge in [-0.1, -0.05) is 0 Å². The summed E-state index contributed by atoms with van der Waals surface area (Å²) in [5, 5.41) is 7.18. The van der Waals surface area contributed by atoms with Crippen molar-refractivity contribution in [3.05, 3.63) is 34.9 Å². The lowest BCUT2D eigenvalue weighted by Gasteiger charge is -2.22. The number of rotatable bonds is 4. The molecule has 19 heavy (non-hydrogen) atoms. The number of nitrogens with zero attached hydrogens (tertiary/aromatic N) is 3. The molecule has 0 spiro atoms. The minimum absolute atomic E-state index is 0.235. The molecular weight excluding hydrogens is 263 g/mol. The Morgan fingerprint density at radius 1 is 1.42 bits per heavy atom. The quantitative estimate of drug-likeness (QED) is 0.869. The lowest BCUT2D eigenvalue weighted by molar-refractivity contribution is 0.627. The van der Waals surface area contributed by atoms with Crippen molar-refractivity contribution in [1.82, 2.24) is 14.8 Å². The fraction of sp³-hybridized carbons (Fsp3) is 0.385. The van der Waals surface area contributed by atoms with Gasteiger partial charge < -0.3 is 4.90 Å². The lowest BCUT2D eigenvalue weighted by Crippen LogP contribution is -2.20. The van der Waals surface area contributed by atoms with Crippen LogP contribution in [-0.4, -0.2) is 21.3 Å². The largest absolute Gasteiger partial charge is 0.311 e. The van der Waals surface area contributed by atoms with E-state index in [0.29, 0.717) is 10.8 Å². The van der Waals surface area contributed by atoms with Crippen LogP contribution in [0.1, 0.15) is 25.8 Å². The summed E-state index contributed by atoms with van der Waals surface area (Å²) in [6.45, 7) is 2.79. The van der Waals surface area contributed by atoms with Crippen molar-refractivity contribution < 1.29 is 4.39 Å². The molecule has 1 aliphatic rings. The van der Waals surface area contributed by atoms with E-state index in [2.05, 4.69) is 14.8 Å². The molecule has 100 valence electrons. The Morgan fingerprint density at radius 2 is 2.11 bits per heavy atom. The summed E-state index contributed by atoms with van der Waals surface area (Å²) in [6.07, 6.45) is 2.28. The minimum atomic E-state index is -0.235. The topological polar surface area (TPSA) is 36.9 Å². The molecule has 0 atom stereocenters. The molecule has 6 heteroatoms. The van der Waals surface area contributed by atoms with Crippen LogP contribution in [0.4, 0.5) is 16.0 Å². The molecule has 2 aromatic rings. The van der Waals surface area contributed by atoms with Crippen molar-refractivity contribution in [3.8, 4) is 0 Å². The molecule has 0 amide bonds. The zero-order valence-electron chi connectivity index (χ0n) is 10.6. The number of hydrogen-bond donors (Lipinski definition) is 1. The number of halogens is 1. The monoisotopic (exact) mass is 278 g/mol. The maximum absolute atomic E-state index is 13.0. The average Bonchev–Trinajstić information content (AvgIpc) is 3.17. The maximum atomic E-state index is 13.0. The van der Waals surface area contributed by atoms with Crippen LogP contribution in [0.25, 0.3) is 0 Å². The van der Waals surface area contributed by atoms with Crippen LogP contribution in [0.15, 0.2) is 24.3 Å². The van der Waals surface area contributed by atoms with Gasteiger partial charge >= 0.3 is 0 Å². The van der Waals surface area contributed by atoms with Gasteiger partial charge in [-0.05, 0) is 56.2 Å². The zero-order valence-corrected chi connectivity index (χ0v) is 11.5. The Bertz CT molecular complexity index is 627. The number of aromatic amines is 1. The van der Waals surface area contributed by atoms with Gasteiger partial charge in [-0.25, -0.2) is 9.49 Å². The Hall–Kier alpha value is -1.69. The average molecular weight is 278 g/mol. The molecule has 3 rings (SSSR count). The van der Waals surface area contributed by atoms with Gasteiger partial charge in [-0.15, -0.1) is 5.10 Å². The summed E-state index contributed by atoms with van der Waals surface area (Å²) < 4.78 is 15.7.